The van der Waals surface area contributed by atoms with Gasteiger partial charge in [-0.3, -0.25) is 19.2 Å². The quantitative estimate of drug-likeness (QED) is 0.183. The van der Waals surface area contributed by atoms with Gasteiger partial charge in [-0.2, -0.15) is 12.6 Å². The predicted octanol–water partition coefficient (Wildman–Crippen LogP) is -3.30. The van der Waals surface area contributed by atoms with Gasteiger partial charge in [0.1, 0.15) is 12.1 Å². The molecule has 0 aromatic rings. The number of thiol groups is 1. The van der Waals surface area contributed by atoms with Crippen LogP contribution in [0.15, 0.2) is 0 Å². The maximum Gasteiger partial charge on any atom is 0.327 e. The van der Waals surface area contributed by atoms with Crippen molar-refractivity contribution in [1.29, 1.82) is 0 Å². The van der Waals surface area contributed by atoms with E-state index in [-0.39, 0.29) is 18.6 Å². The number of nitrogens with one attached hydrogen (secondary N) is 3. The van der Waals surface area contributed by atoms with Crippen molar-refractivity contribution in [3.63, 3.8) is 0 Å². The lowest BCUT2D eigenvalue weighted by atomic mass is 10.1. The molecule has 11 nitrogen and oxygen atoms in total. The highest BCUT2D eigenvalue weighted by atomic mass is 32.1. The van der Waals surface area contributed by atoms with Crippen molar-refractivity contribution >= 4 is 42.2 Å². The predicted molar refractivity (Wildman–Crippen MR) is 90.4 cm³/mol. The first kappa shape index (κ1) is 22.7. The first-order valence-electron chi connectivity index (χ1n) is 7.33. The zero-order chi connectivity index (χ0) is 19.6. The molecule has 0 spiro atoms. The summed E-state index contributed by atoms with van der Waals surface area (Å²) >= 11 is 3.79. The molecule has 0 saturated heterocycles. The van der Waals surface area contributed by atoms with Crippen LogP contribution < -0.4 is 27.4 Å². The summed E-state index contributed by atoms with van der Waals surface area (Å²) in [4.78, 5) is 56.5. The molecule has 0 radical (unpaired) electrons. The lowest BCUT2D eigenvalue weighted by molar-refractivity contribution is -0.141. The Morgan fingerprint density at radius 1 is 1.12 bits per heavy atom. The number of rotatable bonds is 11. The minimum Gasteiger partial charge on any atom is -0.480 e. The number of hydrogen-bond donors (Lipinski definition) is 7. The van der Waals surface area contributed by atoms with Crippen molar-refractivity contribution in [2.45, 2.75) is 37.9 Å². The number of carboxylic acids is 1. The second-order valence-electron chi connectivity index (χ2n) is 5.20. The van der Waals surface area contributed by atoms with Crippen molar-refractivity contribution in [1.82, 2.24) is 16.0 Å². The third-order valence-electron chi connectivity index (χ3n) is 3.03. The molecule has 0 aromatic carbocycles. The summed E-state index contributed by atoms with van der Waals surface area (Å²) in [6.45, 7) is 0.907. The third kappa shape index (κ3) is 9.52. The second kappa shape index (κ2) is 11.3. The van der Waals surface area contributed by atoms with Crippen molar-refractivity contribution in [2.24, 2.45) is 11.5 Å². The third-order valence-corrected chi connectivity index (χ3v) is 3.39. The molecule has 3 unspecified atom stereocenters. The minimum atomic E-state index is -1.25. The van der Waals surface area contributed by atoms with Crippen LogP contribution in [0.25, 0.3) is 0 Å². The van der Waals surface area contributed by atoms with Crippen LogP contribution in [0, 0.1) is 0 Å². The van der Waals surface area contributed by atoms with Gasteiger partial charge in [0.05, 0.1) is 12.6 Å². The van der Waals surface area contributed by atoms with Crippen molar-refractivity contribution < 1.29 is 29.1 Å². The molecule has 12 heteroatoms. The number of primary amides is 1. The van der Waals surface area contributed by atoms with Gasteiger partial charge in [0.15, 0.2) is 0 Å². The monoisotopic (exact) mass is 377 g/mol. The molecule has 142 valence electrons. The maximum absolute atomic E-state index is 11.8. The van der Waals surface area contributed by atoms with E-state index in [4.69, 9.17) is 16.6 Å². The summed E-state index contributed by atoms with van der Waals surface area (Å²) in [6.07, 6.45) is -0.0244. The number of carbonyl (C=O) groups excluding carboxylic acids is 4. The number of carboxylic acid groups (broad SMARTS) is 1. The van der Waals surface area contributed by atoms with E-state index in [1.54, 1.807) is 0 Å². The van der Waals surface area contributed by atoms with Gasteiger partial charge in [-0.25, -0.2) is 4.79 Å². The molecular formula is C13H23N5O6S. The molecule has 25 heavy (non-hydrogen) atoms. The standard InChI is InChI=1S/C13H23N5O6S/c1-6(17-12(22)7(14)2-3-9(15)19)11(21)16-4-10(20)18-8(5-25)13(23)24/h6-8,25H,2-5,14H2,1H3,(H2,15,19)(H,16,21)(H,17,22)(H,18,20)(H,23,24). The van der Waals surface area contributed by atoms with Crippen LogP contribution in [-0.4, -0.2) is 65.1 Å². The number of hydrogen-bond acceptors (Lipinski definition) is 7. The van der Waals surface area contributed by atoms with Crippen LogP contribution in [0.4, 0.5) is 0 Å². The van der Waals surface area contributed by atoms with E-state index in [1.807, 2.05) is 0 Å². The molecular weight excluding hydrogens is 354 g/mol. The van der Waals surface area contributed by atoms with Gasteiger partial charge in [-0.1, -0.05) is 0 Å². The molecule has 0 bridgehead atoms. The summed E-state index contributed by atoms with van der Waals surface area (Å²) in [5, 5.41) is 15.5. The van der Waals surface area contributed by atoms with Crippen molar-refractivity contribution in [2.75, 3.05) is 12.3 Å². The molecule has 0 aliphatic carbocycles. The smallest absolute Gasteiger partial charge is 0.327 e. The topological polar surface area (TPSA) is 194 Å². The summed E-state index contributed by atoms with van der Waals surface area (Å²) in [5.41, 5.74) is 10.5. The largest absolute Gasteiger partial charge is 0.480 e. The minimum absolute atomic E-state index is 0.0399. The van der Waals surface area contributed by atoms with Crippen LogP contribution in [-0.2, 0) is 24.0 Å². The normalized spacial score (nSPS) is 13.9. The Morgan fingerprint density at radius 2 is 1.72 bits per heavy atom. The van der Waals surface area contributed by atoms with Gasteiger partial charge in [-0.05, 0) is 13.3 Å². The zero-order valence-electron chi connectivity index (χ0n) is 13.7. The molecule has 8 N–H and O–H groups in total. The molecule has 0 aliphatic heterocycles. The Bertz CT molecular complexity index is 529. The molecule has 0 fully saturated rings. The van der Waals surface area contributed by atoms with E-state index in [9.17, 15) is 24.0 Å². The molecule has 3 atom stereocenters. The van der Waals surface area contributed by atoms with Crippen molar-refractivity contribution in [3.05, 3.63) is 0 Å². The van der Waals surface area contributed by atoms with E-state index in [2.05, 4.69) is 28.6 Å². The zero-order valence-corrected chi connectivity index (χ0v) is 14.5. The van der Waals surface area contributed by atoms with Crippen LogP contribution in [0.5, 0.6) is 0 Å². The van der Waals surface area contributed by atoms with Crippen LogP contribution in [0.1, 0.15) is 19.8 Å². The fourth-order valence-electron chi connectivity index (χ4n) is 1.57. The SMILES string of the molecule is CC(NC(=O)C(N)CCC(N)=O)C(=O)NCC(=O)NC(CS)C(=O)O. The molecule has 0 aliphatic rings. The Kier molecular flexibility index (Phi) is 10.2. The highest BCUT2D eigenvalue weighted by Crippen LogP contribution is 1.95. The molecule has 0 rings (SSSR count). The lowest BCUT2D eigenvalue weighted by Gasteiger charge is -2.17. The number of amides is 4. The van der Waals surface area contributed by atoms with E-state index in [0.717, 1.165) is 0 Å². The number of aliphatic carboxylic acids is 1. The summed E-state index contributed by atoms with van der Waals surface area (Å²) in [5.74, 6) is -3.98. The van der Waals surface area contributed by atoms with E-state index in [1.165, 1.54) is 6.92 Å². The van der Waals surface area contributed by atoms with Gasteiger partial charge in [0.25, 0.3) is 0 Å². The Hall–Kier alpha value is -2.34. The van der Waals surface area contributed by atoms with Crippen LogP contribution in [0.3, 0.4) is 0 Å². The molecule has 0 aromatic heterocycles. The van der Waals surface area contributed by atoms with E-state index < -0.39 is 54.3 Å². The fraction of sp³-hybridized carbons (Fsp3) is 0.615. The van der Waals surface area contributed by atoms with Gasteiger partial charge in [-0.15, -0.1) is 0 Å². The van der Waals surface area contributed by atoms with E-state index >= 15 is 0 Å². The fourth-order valence-corrected chi connectivity index (χ4v) is 1.81. The highest BCUT2D eigenvalue weighted by molar-refractivity contribution is 7.80. The summed E-state index contributed by atoms with van der Waals surface area (Å²) < 4.78 is 0. The first-order valence-corrected chi connectivity index (χ1v) is 7.96. The Balaban J connectivity index is 4.29. The highest BCUT2D eigenvalue weighted by Gasteiger charge is 2.22. The average Bonchev–Trinajstić information content (AvgIpc) is 2.54. The lowest BCUT2D eigenvalue weighted by Crippen LogP contribution is -2.52. The Labute approximate surface area is 149 Å². The van der Waals surface area contributed by atoms with Crippen LogP contribution in [0.2, 0.25) is 0 Å². The van der Waals surface area contributed by atoms with E-state index in [0.29, 0.717) is 0 Å². The maximum atomic E-state index is 11.8. The average molecular weight is 377 g/mol. The van der Waals surface area contributed by atoms with Crippen LogP contribution >= 0.6 is 12.6 Å². The summed E-state index contributed by atoms with van der Waals surface area (Å²) in [7, 11) is 0. The molecule has 0 heterocycles. The van der Waals surface area contributed by atoms with Gasteiger partial charge < -0.3 is 32.5 Å². The molecule has 4 amide bonds. The molecule has 0 saturated carbocycles. The number of nitrogens with two attached hydrogens (primary N) is 2. The first-order chi connectivity index (χ1) is 11.6. The Morgan fingerprint density at radius 3 is 2.20 bits per heavy atom. The second-order valence-corrected chi connectivity index (χ2v) is 5.57. The van der Waals surface area contributed by atoms with Crippen molar-refractivity contribution in [3.8, 4) is 0 Å². The van der Waals surface area contributed by atoms with Gasteiger partial charge in [0, 0.05) is 12.2 Å². The van der Waals surface area contributed by atoms with Gasteiger partial charge >= 0.3 is 5.97 Å². The van der Waals surface area contributed by atoms with Gasteiger partial charge in [0.2, 0.25) is 23.6 Å². The number of carbonyl (C=O) groups is 5. The summed E-state index contributed by atoms with van der Waals surface area (Å²) in [6, 6.07) is -3.16.